The maximum Gasteiger partial charge on any atom is 0.316 e. The third kappa shape index (κ3) is 3.48. The Morgan fingerprint density at radius 1 is 1.20 bits per heavy atom. The quantitative estimate of drug-likeness (QED) is 0.284. The third-order valence-corrected chi connectivity index (χ3v) is 7.87. The molecular formula is C25H31O4P. The van der Waals surface area contributed by atoms with Gasteiger partial charge in [-0.05, 0) is 57.2 Å². The number of carbonyl (C=O) groups excluding carboxylic acids is 2. The molecule has 1 saturated carbocycles. The topological polar surface area (TPSA) is 55.9 Å². The summed E-state index contributed by atoms with van der Waals surface area (Å²) < 4.78 is 11.3. The number of hydrogen-bond donors (Lipinski definition) is 0. The highest BCUT2D eigenvalue weighted by Gasteiger charge is 2.57. The molecule has 4 rings (SSSR count). The molecule has 0 N–H and O–H groups in total. The summed E-state index contributed by atoms with van der Waals surface area (Å²) in [6.45, 7) is 8.09. The lowest BCUT2D eigenvalue weighted by atomic mass is 9.67. The summed E-state index contributed by atoms with van der Waals surface area (Å²) in [5, 5.41) is -0.987. The zero-order valence-electron chi connectivity index (χ0n) is 18.3. The summed E-state index contributed by atoms with van der Waals surface area (Å²) in [4.78, 5) is 27.3. The van der Waals surface area contributed by atoms with E-state index in [-0.39, 0.29) is 30.6 Å². The lowest BCUT2D eigenvalue weighted by molar-refractivity contribution is -0.148. The molecule has 1 aromatic rings. The summed E-state index contributed by atoms with van der Waals surface area (Å²) in [5.41, 5.74) is 4.08. The van der Waals surface area contributed by atoms with E-state index in [9.17, 15) is 9.59 Å². The van der Waals surface area contributed by atoms with Crippen molar-refractivity contribution >= 4 is 21.0 Å². The maximum atomic E-state index is 14.0. The van der Waals surface area contributed by atoms with Gasteiger partial charge in [0.05, 0.1) is 10.6 Å². The molecule has 1 aromatic carbocycles. The van der Waals surface area contributed by atoms with Crippen LogP contribution in [-0.4, -0.2) is 35.7 Å². The predicted molar refractivity (Wildman–Crippen MR) is 121 cm³/mol. The fraction of sp³-hybridized carbons (Fsp3) is 0.520. The normalized spacial score (nSPS) is 25.8. The number of ether oxygens (including phenoxy) is 2. The van der Waals surface area contributed by atoms with Gasteiger partial charge in [-0.1, -0.05) is 48.8 Å². The summed E-state index contributed by atoms with van der Waals surface area (Å²) in [5.74, 6) is -0.257. The van der Waals surface area contributed by atoms with E-state index in [0.29, 0.717) is 12.8 Å². The van der Waals surface area contributed by atoms with Gasteiger partial charge < -0.3 is 9.47 Å². The zero-order chi connectivity index (χ0) is 21.7. The highest BCUT2D eigenvalue weighted by Crippen LogP contribution is 2.54. The van der Waals surface area contributed by atoms with Gasteiger partial charge in [-0.25, -0.2) is 0 Å². The van der Waals surface area contributed by atoms with Gasteiger partial charge in [0.25, 0.3) is 0 Å². The SMILES string of the molecule is Cc1cc(C)c(C(=O)C2(C(C)(P)C(=O)OCC3=CC=CC4OC34)CCCC2)c(C)c1. The van der Waals surface area contributed by atoms with E-state index in [1.165, 1.54) is 0 Å². The van der Waals surface area contributed by atoms with Crippen molar-refractivity contribution in [1.82, 2.24) is 0 Å². The molecule has 5 heteroatoms. The molecule has 0 aromatic heterocycles. The van der Waals surface area contributed by atoms with Crippen molar-refractivity contribution in [2.75, 3.05) is 6.61 Å². The average Bonchev–Trinajstić information content (AvgIpc) is 3.30. The highest BCUT2D eigenvalue weighted by atomic mass is 31.0. The molecule has 0 radical (unpaired) electrons. The van der Waals surface area contributed by atoms with E-state index >= 15 is 0 Å². The standard InChI is InChI=1S/C25H31O4P/c1-15-12-16(2)20(17(3)13-15)22(26)25(10-5-6-11-25)24(4,30)23(27)28-14-18-8-7-9-19-21(18)29-19/h7-9,12-13,19,21H,5-6,10-11,14,30H2,1-4H3. The first-order valence-electron chi connectivity index (χ1n) is 10.8. The average molecular weight is 426 g/mol. The number of ketones is 1. The van der Waals surface area contributed by atoms with Crippen LogP contribution in [0.25, 0.3) is 0 Å². The van der Waals surface area contributed by atoms with Crippen LogP contribution in [0.4, 0.5) is 0 Å². The number of fused-ring (bicyclic) bond motifs is 1. The Hall–Kier alpha value is -1.77. The fourth-order valence-electron chi connectivity index (χ4n) is 5.31. The highest BCUT2D eigenvalue weighted by molar-refractivity contribution is 7.21. The molecule has 4 atom stereocenters. The van der Waals surface area contributed by atoms with Gasteiger partial charge in [0.1, 0.15) is 18.8 Å². The minimum absolute atomic E-state index is 0.0403. The van der Waals surface area contributed by atoms with E-state index in [0.717, 1.165) is 40.7 Å². The monoisotopic (exact) mass is 426 g/mol. The second-order valence-electron chi connectivity index (χ2n) is 9.32. The number of benzene rings is 1. The van der Waals surface area contributed by atoms with Crippen LogP contribution in [0.3, 0.4) is 0 Å². The fourth-order valence-corrected chi connectivity index (χ4v) is 5.82. The number of esters is 1. The van der Waals surface area contributed by atoms with E-state index < -0.39 is 10.6 Å². The van der Waals surface area contributed by atoms with E-state index in [2.05, 4.69) is 21.4 Å². The molecule has 1 saturated heterocycles. The minimum atomic E-state index is -0.987. The molecule has 0 spiro atoms. The Balaban J connectivity index is 1.60. The van der Waals surface area contributed by atoms with Gasteiger partial charge in [-0.2, -0.15) is 0 Å². The van der Waals surface area contributed by atoms with Crippen molar-refractivity contribution in [1.29, 1.82) is 0 Å². The van der Waals surface area contributed by atoms with Crippen LogP contribution in [-0.2, 0) is 14.3 Å². The summed E-state index contributed by atoms with van der Waals surface area (Å²) in [7, 11) is 2.69. The van der Waals surface area contributed by atoms with Gasteiger partial charge in [0, 0.05) is 5.56 Å². The van der Waals surface area contributed by atoms with Crippen molar-refractivity contribution in [3.63, 3.8) is 0 Å². The summed E-state index contributed by atoms with van der Waals surface area (Å²) >= 11 is 0. The smallest absolute Gasteiger partial charge is 0.316 e. The molecule has 3 aliphatic rings. The van der Waals surface area contributed by atoms with Crippen molar-refractivity contribution in [2.45, 2.75) is 70.7 Å². The molecule has 30 heavy (non-hydrogen) atoms. The molecule has 1 aliphatic heterocycles. The Morgan fingerprint density at radius 2 is 1.83 bits per heavy atom. The number of epoxide rings is 1. The number of hydrogen-bond acceptors (Lipinski definition) is 4. The molecule has 0 amide bonds. The van der Waals surface area contributed by atoms with Crippen LogP contribution >= 0.6 is 9.24 Å². The molecule has 160 valence electrons. The van der Waals surface area contributed by atoms with Crippen LogP contribution in [0, 0.1) is 26.2 Å². The van der Waals surface area contributed by atoms with E-state index in [4.69, 9.17) is 9.47 Å². The molecule has 4 nitrogen and oxygen atoms in total. The summed E-state index contributed by atoms with van der Waals surface area (Å²) in [6, 6.07) is 4.10. The largest absolute Gasteiger partial charge is 0.460 e. The predicted octanol–water partition coefficient (Wildman–Crippen LogP) is 4.80. The number of carbonyl (C=O) groups is 2. The number of allylic oxidation sites excluding steroid dienone is 2. The van der Waals surface area contributed by atoms with Crippen molar-refractivity contribution < 1.29 is 19.1 Å². The Kier molecular flexibility index (Phi) is 5.53. The van der Waals surface area contributed by atoms with Crippen LogP contribution in [0.2, 0.25) is 0 Å². The van der Waals surface area contributed by atoms with Gasteiger partial charge in [-0.15, -0.1) is 9.24 Å². The Bertz CT molecular complexity index is 927. The Morgan fingerprint density at radius 3 is 2.47 bits per heavy atom. The first-order chi connectivity index (χ1) is 14.2. The van der Waals surface area contributed by atoms with Crippen LogP contribution in [0.15, 0.2) is 35.9 Å². The van der Waals surface area contributed by atoms with Crippen molar-refractivity contribution in [3.05, 3.63) is 58.2 Å². The number of Topliss-reactive ketones (excluding diaryl/α,β-unsaturated/α-hetero) is 1. The minimum Gasteiger partial charge on any atom is -0.460 e. The lowest BCUT2D eigenvalue weighted by Crippen LogP contribution is -2.52. The zero-order valence-corrected chi connectivity index (χ0v) is 19.4. The van der Waals surface area contributed by atoms with Gasteiger partial charge in [0.15, 0.2) is 5.78 Å². The van der Waals surface area contributed by atoms with E-state index in [1.54, 1.807) is 0 Å². The van der Waals surface area contributed by atoms with Crippen LogP contribution in [0.5, 0.6) is 0 Å². The van der Waals surface area contributed by atoms with Crippen molar-refractivity contribution in [3.8, 4) is 0 Å². The van der Waals surface area contributed by atoms with E-state index in [1.807, 2.05) is 45.9 Å². The number of aryl methyl sites for hydroxylation is 3. The second-order valence-corrected chi connectivity index (χ2v) is 10.5. The van der Waals surface area contributed by atoms with Gasteiger partial charge in [0.2, 0.25) is 0 Å². The van der Waals surface area contributed by atoms with Gasteiger partial charge in [-0.3, -0.25) is 9.59 Å². The van der Waals surface area contributed by atoms with Crippen LogP contribution in [0.1, 0.15) is 59.7 Å². The maximum absolute atomic E-state index is 14.0. The lowest BCUT2D eigenvalue weighted by Gasteiger charge is -2.41. The van der Waals surface area contributed by atoms with Gasteiger partial charge >= 0.3 is 5.97 Å². The summed E-state index contributed by atoms with van der Waals surface area (Å²) in [6.07, 6.45) is 9.37. The molecule has 2 aliphatic carbocycles. The first kappa shape index (κ1) is 21.5. The first-order valence-corrected chi connectivity index (χ1v) is 11.4. The second kappa shape index (κ2) is 7.73. The molecular weight excluding hydrogens is 395 g/mol. The molecule has 0 bridgehead atoms. The third-order valence-electron chi connectivity index (χ3n) is 7.09. The number of rotatable bonds is 6. The molecule has 2 fully saturated rings. The van der Waals surface area contributed by atoms with Crippen LogP contribution < -0.4 is 0 Å². The molecule has 1 heterocycles. The molecule has 4 unspecified atom stereocenters. The van der Waals surface area contributed by atoms with Crippen molar-refractivity contribution in [2.24, 2.45) is 5.41 Å². The Labute approximate surface area is 181 Å².